The monoisotopic (exact) mass is 459 g/mol. The summed E-state index contributed by atoms with van der Waals surface area (Å²) in [6, 6.07) is 17.3. The maximum Gasteiger partial charge on any atom is 0.328 e. The van der Waals surface area contributed by atoms with E-state index >= 15 is 0 Å². The normalized spacial score (nSPS) is 17.2. The van der Waals surface area contributed by atoms with Crippen molar-refractivity contribution in [3.05, 3.63) is 66.4 Å². The van der Waals surface area contributed by atoms with Gasteiger partial charge in [0.2, 0.25) is 0 Å². The molecular weight excluding hydrogens is 426 g/mol. The summed E-state index contributed by atoms with van der Waals surface area (Å²) in [5, 5.41) is 1.05. The molecule has 0 N–H and O–H groups in total. The van der Waals surface area contributed by atoms with Crippen LogP contribution in [0.4, 0.5) is 4.79 Å². The molecule has 3 aromatic rings. The van der Waals surface area contributed by atoms with Crippen LogP contribution < -0.4 is 4.74 Å². The summed E-state index contributed by atoms with van der Waals surface area (Å²) in [5.41, 5.74) is 1.55. The van der Waals surface area contributed by atoms with Gasteiger partial charge in [-0.2, -0.15) is 0 Å². The minimum Gasteiger partial charge on any atom is -0.494 e. The molecule has 34 heavy (non-hydrogen) atoms. The number of hydrogen-bond donors (Lipinski definition) is 0. The molecule has 178 valence electrons. The first kappa shape index (κ1) is 22.5. The van der Waals surface area contributed by atoms with Gasteiger partial charge in [-0.05, 0) is 42.7 Å². The molecule has 1 saturated heterocycles. The number of benzene rings is 2. The van der Waals surface area contributed by atoms with E-state index in [1.807, 2.05) is 70.6 Å². The van der Waals surface area contributed by atoms with E-state index in [1.165, 1.54) is 32.1 Å². The smallest absolute Gasteiger partial charge is 0.328 e. The number of fused-ring (bicyclic) bond motifs is 1. The van der Waals surface area contributed by atoms with Gasteiger partial charge in [0, 0.05) is 43.3 Å². The highest BCUT2D eigenvalue weighted by atomic mass is 16.5. The van der Waals surface area contributed by atoms with E-state index in [4.69, 9.17) is 4.74 Å². The lowest BCUT2D eigenvalue weighted by molar-refractivity contribution is 0.0666. The first-order valence-corrected chi connectivity index (χ1v) is 12.6. The third-order valence-electron chi connectivity index (χ3n) is 7.24. The van der Waals surface area contributed by atoms with Gasteiger partial charge in [-0.3, -0.25) is 9.36 Å². The lowest BCUT2D eigenvalue weighted by Gasteiger charge is -2.35. The second kappa shape index (κ2) is 10.3. The summed E-state index contributed by atoms with van der Waals surface area (Å²) in [5.74, 6) is 1.54. The largest absolute Gasteiger partial charge is 0.494 e. The van der Waals surface area contributed by atoms with Crippen LogP contribution in [-0.2, 0) is 0 Å². The molecule has 0 atom stereocenters. The average molecular weight is 460 g/mol. The Kier molecular flexibility index (Phi) is 6.84. The Labute approximate surface area is 201 Å². The van der Waals surface area contributed by atoms with Gasteiger partial charge in [0.05, 0.1) is 12.1 Å². The number of hydrogen-bond acceptors (Lipinski definition) is 3. The fourth-order valence-electron chi connectivity index (χ4n) is 5.22. The van der Waals surface area contributed by atoms with Crippen LogP contribution in [-0.4, -0.2) is 59.1 Å². The van der Waals surface area contributed by atoms with Gasteiger partial charge >= 0.3 is 6.03 Å². The standard InChI is InChI=1S/C28H33N3O3/c32-27(24-10-6-11-25(21-24)34-20-14-22-7-2-1-3-8-22)29-16-18-30(19-17-29)28(33)31-15-13-23-9-4-5-12-26(23)31/h4-6,9-13,15,21-22H,1-3,7-8,14,16-20H2. The Bertz CT molecular complexity index is 1140. The van der Waals surface area contributed by atoms with Crippen LogP contribution >= 0.6 is 0 Å². The van der Waals surface area contributed by atoms with Crippen LogP contribution in [0, 0.1) is 5.92 Å². The topological polar surface area (TPSA) is 54.8 Å². The number of amides is 2. The summed E-state index contributed by atoms with van der Waals surface area (Å²) < 4.78 is 7.68. The van der Waals surface area contributed by atoms with Gasteiger partial charge in [0.15, 0.2) is 0 Å². The highest BCUT2D eigenvalue weighted by molar-refractivity contribution is 5.95. The summed E-state index contributed by atoms with van der Waals surface area (Å²) in [6.07, 6.45) is 9.60. The molecule has 6 heteroatoms. The fourth-order valence-corrected chi connectivity index (χ4v) is 5.22. The molecule has 1 saturated carbocycles. The van der Waals surface area contributed by atoms with E-state index in [-0.39, 0.29) is 11.9 Å². The van der Waals surface area contributed by atoms with Gasteiger partial charge < -0.3 is 14.5 Å². The SMILES string of the molecule is O=C(c1cccc(OCCC2CCCCC2)c1)N1CCN(C(=O)n2ccc3ccccc32)CC1. The fraction of sp³-hybridized carbons (Fsp3) is 0.429. The summed E-state index contributed by atoms with van der Waals surface area (Å²) in [4.78, 5) is 29.8. The summed E-state index contributed by atoms with van der Waals surface area (Å²) in [6.45, 7) is 2.80. The zero-order valence-electron chi connectivity index (χ0n) is 19.7. The van der Waals surface area contributed by atoms with Crippen molar-refractivity contribution in [1.82, 2.24) is 14.4 Å². The molecule has 2 aromatic carbocycles. The number of ether oxygens (including phenoxy) is 1. The van der Waals surface area contributed by atoms with Crippen molar-refractivity contribution >= 4 is 22.8 Å². The second-order valence-electron chi connectivity index (χ2n) is 9.48. The number of rotatable bonds is 5. The molecule has 2 aliphatic rings. The van der Waals surface area contributed by atoms with Crippen molar-refractivity contribution in [2.75, 3.05) is 32.8 Å². The molecule has 1 aliphatic carbocycles. The summed E-state index contributed by atoms with van der Waals surface area (Å²) in [7, 11) is 0. The molecule has 1 aliphatic heterocycles. The Hall–Kier alpha value is -3.28. The third kappa shape index (κ3) is 4.96. The van der Waals surface area contributed by atoms with Crippen molar-refractivity contribution in [2.45, 2.75) is 38.5 Å². The molecule has 0 spiro atoms. The zero-order chi connectivity index (χ0) is 23.3. The van der Waals surface area contributed by atoms with E-state index in [1.54, 1.807) is 4.57 Å². The molecule has 0 radical (unpaired) electrons. The van der Waals surface area contributed by atoms with Gasteiger partial charge in [-0.15, -0.1) is 0 Å². The van der Waals surface area contributed by atoms with Gasteiger partial charge in [-0.25, -0.2) is 4.79 Å². The van der Waals surface area contributed by atoms with Crippen LogP contribution in [0.3, 0.4) is 0 Å². The molecule has 0 unspecified atom stereocenters. The van der Waals surface area contributed by atoms with Crippen molar-refractivity contribution in [2.24, 2.45) is 5.92 Å². The highest BCUT2D eigenvalue weighted by Crippen LogP contribution is 2.26. The van der Waals surface area contributed by atoms with Crippen molar-refractivity contribution in [1.29, 1.82) is 0 Å². The molecular formula is C28H33N3O3. The molecule has 2 fully saturated rings. The van der Waals surface area contributed by atoms with Crippen LogP contribution in [0.5, 0.6) is 5.75 Å². The zero-order valence-corrected chi connectivity index (χ0v) is 19.7. The lowest BCUT2D eigenvalue weighted by atomic mass is 9.87. The minimum atomic E-state index is -0.0401. The molecule has 1 aromatic heterocycles. The van der Waals surface area contributed by atoms with Gasteiger partial charge in [0.1, 0.15) is 5.75 Å². The maximum atomic E-state index is 13.1. The number of nitrogens with zero attached hydrogens (tertiary/aromatic N) is 3. The number of carbonyl (C=O) groups is 2. The first-order chi connectivity index (χ1) is 16.7. The van der Waals surface area contributed by atoms with Crippen molar-refractivity contribution in [3.8, 4) is 5.75 Å². The maximum absolute atomic E-state index is 13.1. The predicted octanol–water partition coefficient (Wildman–Crippen LogP) is 5.42. The Morgan fingerprint density at radius 3 is 2.44 bits per heavy atom. The molecule has 5 rings (SSSR count). The van der Waals surface area contributed by atoms with Crippen LogP contribution in [0.15, 0.2) is 60.8 Å². The number of para-hydroxylation sites is 1. The number of piperazine rings is 1. The molecule has 6 nitrogen and oxygen atoms in total. The Morgan fingerprint density at radius 1 is 0.853 bits per heavy atom. The minimum absolute atomic E-state index is 0.00348. The molecule has 2 heterocycles. The number of aromatic nitrogens is 1. The molecule has 0 bridgehead atoms. The molecule has 2 amide bonds. The Morgan fingerprint density at radius 2 is 1.62 bits per heavy atom. The van der Waals surface area contributed by atoms with E-state index in [2.05, 4.69) is 0 Å². The summed E-state index contributed by atoms with van der Waals surface area (Å²) >= 11 is 0. The quantitative estimate of drug-likeness (QED) is 0.512. The van der Waals surface area contributed by atoms with Crippen LogP contribution in [0.2, 0.25) is 0 Å². The van der Waals surface area contributed by atoms with E-state index < -0.39 is 0 Å². The van der Waals surface area contributed by atoms with E-state index in [0.29, 0.717) is 38.3 Å². The van der Waals surface area contributed by atoms with E-state index in [9.17, 15) is 9.59 Å². The van der Waals surface area contributed by atoms with Gasteiger partial charge in [-0.1, -0.05) is 56.4 Å². The number of carbonyl (C=O) groups excluding carboxylic acids is 2. The van der Waals surface area contributed by atoms with Crippen LogP contribution in [0.25, 0.3) is 10.9 Å². The average Bonchev–Trinajstić information content (AvgIpc) is 3.33. The van der Waals surface area contributed by atoms with Crippen molar-refractivity contribution < 1.29 is 14.3 Å². The van der Waals surface area contributed by atoms with Crippen LogP contribution in [0.1, 0.15) is 48.9 Å². The van der Waals surface area contributed by atoms with Gasteiger partial charge in [0.25, 0.3) is 5.91 Å². The first-order valence-electron chi connectivity index (χ1n) is 12.6. The second-order valence-corrected chi connectivity index (χ2v) is 9.48. The van der Waals surface area contributed by atoms with Crippen molar-refractivity contribution in [3.63, 3.8) is 0 Å². The predicted molar refractivity (Wildman–Crippen MR) is 133 cm³/mol. The highest BCUT2D eigenvalue weighted by Gasteiger charge is 2.26. The lowest BCUT2D eigenvalue weighted by Crippen LogP contribution is -2.51. The third-order valence-corrected chi connectivity index (χ3v) is 7.24. The Balaban J connectivity index is 1.15. The van der Waals surface area contributed by atoms with E-state index in [0.717, 1.165) is 29.0 Å².